The minimum Gasteiger partial charge on any atom is -0.338 e. The summed E-state index contributed by atoms with van der Waals surface area (Å²) in [4.78, 5) is 33.7. The van der Waals surface area contributed by atoms with Crippen LogP contribution >= 0.6 is 0 Å². The van der Waals surface area contributed by atoms with Gasteiger partial charge in [0.2, 0.25) is 15.9 Å². The van der Waals surface area contributed by atoms with Gasteiger partial charge < -0.3 is 9.88 Å². The Bertz CT molecular complexity index is 1010. The van der Waals surface area contributed by atoms with Gasteiger partial charge >= 0.3 is 0 Å². The number of amides is 1. The molecule has 1 amide bonds. The third-order valence-electron chi connectivity index (χ3n) is 5.08. The maximum absolute atomic E-state index is 12.8. The standard InChI is InChI=1S/C19H26N4O4S/c1-3-12-28(26,27)23-10-8-14(9-11-23)19(25)22(2)13-17-20-16-7-5-4-6-15(16)18(24)21-17/h4-7,14H,3,8-13H2,1-2H3,(H,20,21,24). The molecule has 1 aliphatic heterocycles. The second-order valence-corrected chi connectivity index (χ2v) is 9.30. The number of aromatic nitrogens is 2. The Balaban J connectivity index is 1.64. The average molecular weight is 407 g/mol. The van der Waals surface area contributed by atoms with E-state index in [2.05, 4.69) is 9.97 Å². The minimum atomic E-state index is -3.22. The van der Waals surface area contributed by atoms with Crippen molar-refractivity contribution >= 4 is 26.8 Å². The molecular weight excluding hydrogens is 380 g/mol. The summed E-state index contributed by atoms with van der Waals surface area (Å²) >= 11 is 0. The van der Waals surface area contributed by atoms with E-state index in [4.69, 9.17) is 0 Å². The first-order chi connectivity index (χ1) is 13.3. The maximum atomic E-state index is 12.8. The number of H-pyrrole nitrogens is 1. The maximum Gasteiger partial charge on any atom is 0.258 e. The highest BCUT2D eigenvalue weighted by Gasteiger charge is 2.32. The first-order valence-electron chi connectivity index (χ1n) is 9.52. The monoisotopic (exact) mass is 406 g/mol. The van der Waals surface area contributed by atoms with Gasteiger partial charge in [0.1, 0.15) is 5.82 Å². The van der Waals surface area contributed by atoms with Crippen LogP contribution in [0.3, 0.4) is 0 Å². The lowest BCUT2D eigenvalue weighted by Crippen LogP contribution is -2.44. The van der Waals surface area contributed by atoms with Crippen LogP contribution in [-0.2, 0) is 21.4 Å². The SMILES string of the molecule is CCCS(=O)(=O)N1CCC(C(=O)N(C)Cc2nc3ccccc3c(=O)[nH]2)CC1. The number of benzene rings is 1. The Labute approximate surface area is 164 Å². The van der Waals surface area contributed by atoms with Crippen LogP contribution < -0.4 is 5.56 Å². The Kier molecular flexibility index (Phi) is 6.14. The summed E-state index contributed by atoms with van der Waals surface area (Å²) in [5.41, 5.74) is 0.368. The highest BCUT2D eigenvalue weighted by molar-refractivity contribution is 7.89. The molecule has 1 fully saturated rings. The molecular formula is C19H26N4O4S. The zero-order chi connectivity index (χ0) is 20.3. The van der Waals surface area contributed by atoms with Crippen LogP contribution in [0.15, 0.2) is 29.1 Å². The van der Waals surface area contributed by atoms with Crippen LogP contribution in [0.1, 0.15) is 32.0 Å². The van der Waals surface area contributed by atoms with Gasteiger partial charge in [-0.1, -0.05) is 19.1 Å². The van der Waals surface area contributed by atoms with Gasteiger partial charge in [0.15, 0.2) is 0 Å². The van der Waals surface area contributed by atoms with Gasteiger partial charge in [0, 0.05) is 26.1 Å². The van der Waals surface area contributed by atoms with Crippen molar-refractivity contribution in [2.24, 2.45) is 5.92 Å². The number of carbonyl (C=O) groups is 1. The third-order valence-corrected chi connectivity index (χ3v) is 7.16. The second-order valence-electron chi connectivity index (χ2n) is 7.21. The van der Waals surface area contributed by atoms with Crippen LogP contribution in [0.2, 0.25) is 0 Å². The molecule has 0 bridgehead atoms. The number of para-hydroxylation sites is 1. The molecule has 9 heteroatoms. The number of fused-ring (bicyclic) bond motifs is 1. The molecule has 1 N–H and O–H groups in total. The summed E-state index contributed by atoms with van der Waals surface area (Å²) in [7, 11) is -1.54. The molecule has 2 aromatic rings. The molecule has 1 saturated heterocycles. The molecule has 0 radical (unpaired) electrons. The Morgan fingerprint density at radius 2 is 1.96 bits per heavy atom. The molecule has 2 heterocycles. The molecule has 8 nitrogen and oxygen atoms in total. The van der Waals surface area contributed by atoms with Crippen LogP contribution in [0.25, 0.3) is 10.9 Å². The molecule has 28 heavy (non-hydrogen) atoms. The van der Waals surface area contributed by atoms with Crippen molar-refractivity contribution in [2.45, 2.75) is 32.7 Å². The van der Waals surface area contributed by atoms with Gasteiger partial charge in [0.05, 0.1) is 23.2 Å². The molecule has 1 aromatic heterocycles. The van der Waals surface area contributed by atoms with Gasteiger partial charge in [-0.05, 0) is 31.4 Å². The van der Waals surface area contributed by atoms with Gasteiger partial charge in [-0.2, -0.15) is 0 Å². The lowest BCUT2D eigenvalue weighted by Gasteiger charge is -2.32. The molecule has 0 spiro atoms. The smallest absolute Gasteiger partial charge is 0.258 e. The Hall–Kier alpha value is -2.26. The Morgan fingerprint density at radius 3 is 2.64 bits per heavy atom. The van der Waals surface area contributed by atoms with Crippen molar-refractivity contribution in [3.63, 3.8) is 0 Å². The number of nitrogens with one attached hydrogen (secondary N) is 1. The topological polar surface area (TPSA) is 103 Å². The molecule has 0 saturated carbocycles. The number of rotatable bonds is 6. The predicted molar refractivity (Wildman–Crippen MR) is 107 cm³/mol. The number of aromatic amines is 1. The summed E-state index contributed by atoms with van der Waals surface area (Å²) in [6.07, 6.45) is 1.60. The van der Waals surface area contributed by atoms with Gasteiger partial charge in [0.25, 0.3) is 5.56 Å². The van der Waals surface area contributed by atoms with E-state index in [0.29, 0.717) is 49.1 Å². The van der Waals surface area contributed by atoms with Crippen LogP contribution in [0, 0.1) is 5.92 Å². The van der Waals surface area contributed by atoms with Gasteiger partial charge in [-0.3, -0.25) is 9.59 Å². The number of hydrogen-bond acceptors (Lipinski definition) is 5. The number of sulfonamides is 1. The van der Waals surface area contributed by atoms with Crippen LogP contribution in [-0.4, -0.2) is 59.4 Å². The lowest BCUT2D eigenvalue weighted by molar-refractivity contribution is -0.136. The third kappa shape index (κ3) is 4.41. The van der Waals surface area contributed by atoms with E-state index in [1.807, 2.05) is 13.0 Å². The number of piperidine rings is 1. The van der Waals surface area contributed by atoms with Gasteiger partial charge in [-0.25, -0.2) is 17.7 Å². The first kappa shape index (κ1) is 20.5. The summed E-state index contributed by atoms with van der Waals surface area (Å²) in [6, 6.07) is 7.07. The fraction of sp³-hybridized carbons (Fsp3) is 0.526. The van der Waals surface area contributed by atoms with Crippen molar-refractivity contribution < 1.29 is 13.2 Å². The minimum absolute atomic E-state index is 0.0525. The van der Waals surface area contributed by atoms with Gasteiger partial charge in [-0.15, -0.1) is 0 Å². The van der Waals surface area contributed by atoms with E-state index < -0.39 is 10.0 Å². The normalized spacial score (nSPS) is 16.4. The first-order valence-corrected chi connectivity index (χ1v) is 11.1. The average Bonchev–Trinajstić information content (AvgIpc) is 2.67. The molecule has 0 atom stereocenters. The van der Waals surface area contributed by atoms with Crippen molar-refractivity contribution in [3.05, 3.63) is 40.4 Å². The number of nitrogens with zero attached hydrogens (tertiary/aromatic N) is 3. The van der Waals surface area contributed by atoms with E-state index in [1.54, 1.807) is 30.1 Å². The lowest BCUT2D eigenvalue weighted by atomic mass is 9.96. The van der Waals surface area contributed by atoms with Crippen molar-refractivity contribution in [1.82, 2.24) is 19.2 Å². The summed E-state index contributed by atoms with van der Waals surface area (Å²) in [5, 5.41) is 0.515. The molecule has 152 valence electrons. The van der Waals surface area contributed by atoms with E-state index in [-0.39, 0.29) is 29.7 Å². The second kappa shape index (κ2) is 8.40. The van der Waals surface area contributed by atoms with Crippen LogP contribution in [0.5, 0.6) is 0 Å². The van der Waals surface area contributed by atoms with Crippen molar-refractivity contribution in [3.8, 4) is 0 Å². The molecule has 0 unspecified atom stereocenters. The van der Waals surface area contributed by atoms with Crippen LogP contribution in [0.4, 0.5) is 0 Å². The summed E-state index contributed by atoms with van der Waals surface area (Å²) in [5.74, 6) is 0.308. The zero-order valence-electron chi connectivity index (χ0n) is 16.2. The van der Waals surface area contributed by atoms with E-state index in [0.717, 1.165) is 0 Å². The quantitative estimate of drug-likeness (QED) is 0.780. The van der Waals surface area contributed by atoms with E-state index >= 15 is 0 Å². The van der Waals surface area contributed by atoms with Crippen molar-refractivity contribution in [2.75, 3.05) is 25.9 Å². The fourth-order valence-corrected chi connectivity index (χ4v) is 5.13. The van der Waals surface area contributed by atoms with E-state index in [1.165, 1.54) is 4.31 Å². The number of hydrogen-bond donors (Lipinski definition) is 1. The molecule has 1 aliphatic rings. The highest BCUT2D eigenvalue weighted by atomic mass is 32.2. The highest BCUT2D eigenvalue weighted by Crippen LogP contribution is 2.22. The fourth-order valence-electron chi connectivity index (χ4n) is 3.59. The number of carbonyl (C=O) groups excluding carboxylic acids is 1. The molecule has 3 rings (SSSR count). The molecule has 0 aliphatic carbocycles. The largest absolute Gasteiger partial charge is 0.338 e. The zero-order valence-corrected chi connectivity index (χ0v) is 17.0. The van der Waals surface area contributed by atoms with Crippen molar-refractivity contribution in [1.29, 1.82) is 0 Å². The Morgan fingerprint density at radius 1 is 1.29 bits per heavy atom. The summed E-state index contributed by atoms with van der Waals surface area (Å²) < 4.78 is 25.8. The molecule has 1 aromatic carbocycles. The summed E-state index contributed by atoms with van der Waals surface area (Å²) in [6.45, 7) is 2.79. The van der Waals surface area contributed by atoms with E-state index in [9.17, 15) is 18.0 Å². The predicted octanol–water partition coefficient (Wildman–Crippen LogP) is 1.33.